The van der Waals surface area contributed by atoms with Gasteiger partial charge in [-0.05, 0) is 18.8 Å². The number of hydrogen-bond acceptors (Lipinski definition) is 3. The minimum Gasteiger partial charge on any atom is -0.352 e. The van der Waals surface area contributed by atoms with E-state index in [1.54, 1.807) is 0 Å². The quantitative estimate of drug-likeness (QED) is 0.803. The predicted molar refractivity (Wildman–Crippen MR) is 76.3 cm³/mol. The molecule has 5 nitrogen and oxygen atoms in total. The maximum Gasteiger partial charge on any atom is 0.235 e. The molecule has 0 aromatic rings. The van der Waals surface area contributed by atoms with Crippen LogP contribution in [0.3, 0.4) is 0 Å². The van der Waals surface area contributed by atoms with Crippen molar-refractivity contribution >= 4 is 15.9 Å². The lowest BCUT2D eigenvalue weighted by molar-refractivity contribution is -0.122. The van der Waals surface area contributed by atoms with Crippen molar-refractivity contribution in [2.45, 2.75) is 52.0 Å². The van der Waals surface area contributed by atoms with E-state index in [-0.39, 0.29) is 24.4 Å². The first-order valence-corrected chi connectivity index (χ1v) is 8.88. The number of hydrogen-bond donors (Lipinski definition) is 1. The van der Waals surface area contributed by atoms with Crippen LogP contribution >= 0.6 is 0 Å². The van der Waals surface area contributed by atoms with Gasteiger partial charge in [-0.1, -0.05) is 33.1 Å². The van der Waals surface area contributed by atoms with Crippen LogP contribution in [-0.4, -0.2) is 44.0 Å². The van der Waals surface area contributed by atoms with Gasteiger partial charge in [0.15, 0.2) is 0 Å². The van der Waals surface area contributed by atoms with E-state index in [4.69, 9.17) is 0 Å². The number of carbonyl (C=O) groups excluding carboxylic acids is 1. The third kappa shape index (κ3) is 6.38. The van der Waals surface area contributed by atoms with Crippen molar-refractivity contribution in [2.75, 3.05) is 19.3 Å². The lowest BCUT2D eigenvalue weighted by Crippen LogP contribution is -2.45. The van der Waals surface area contributed by atoms with Crippen LogP contribution in [0.25, 0.3) is 0 Å². The van der Waals surface area contributed by atoms with Crippen molar-refractivity contribution in [3.63, 3.8) is 0 Å². The molecule has 0 spiro atoms. The van der Waals surface area contributed by atoms with Gasteiger partial charge in [0, 0.05) is 12.6 Å². The lowest BCUT2D eigenvalue weighted by atomic mass is 9.95. The molecule has 1 aliphatic carbocycles. The number of nitrogens with one attached hydrogen (secondary N) is 1. The molecule has 1 saturated carbocycles. The molecule has 19 heavy (non-hydrogen) atoms. The largest absolute Gasteiger partial charge is 0.352 e. The molecule has 0 aromatic carbocycles. The Morgan fingerprint density at radius 3 is 2.32 bits per heavy atom. The minimum absolute atomic E-state index is 0.0620. The van der Waals surface area contributed by atoms with E-state index < -0.39 is 10.0 Å². The van der Waals surface area contributed by atoms with Crippen LogP contribution in [-0.2, 0) is 14.8 Å². The number of amides is 1. The highest BCUT2D eigenvalue weighted by atomic mass is 32.2. The summed E-state index contributed by atoms with van der Waals surface area (Å²) in [5, 5.41) is 2.95. The van der Waals surface area contributed by atoms with Crippen molar-refractivity contribution in [3.05, 3.63) is 0 Å². The Bertz CT molecular complexity index is 387. The fourth-order valence-electron chi connectivity index (χ4n) is 2.40. The summed E-state index contributed by atoms with van der Waals surface area (Å²) in [6, 6.07) is 0.224. The highest BCUT2D eigenvalue weighted by Crippen LogP contribution is 2.17. The molecule has 1 N–H and O–H groups in total. The first-order chi connectivity index (χ1) is 8.79. The fraction of sp³-hybridized carbons (Fsp3) is 0.923. The third-order valence-corrected chi connectivity index (χ3v) is 4.54. The Hall–Kier alpha value is -0.620. The zero-order valence-electron chi connectivity index (χ0n) is 12.2. The Morgan fingerprint density at radius 2 is 1.84 bits per heavy atom. The van der Waals surface area contributed by atoms with Gasteiger partial charge in [0.05, 0.1) is 12.8 Å². The van der Waals surface area contributed by atoms with Gasteiger partial charge in [-0.2, -0.15) is 4.31 Å². The van der Waals surface area contributed by atoms with E-state index in [1.807, 2.05) is 13.8 Å². The second-order valence-corrected chi connectivity index (χ2v) is 7.83. The van der Waals surface area contributed by atoms with Crippen LogP contribution in [0.1, 0.15) is 46.0 Å². The maximum absolute atomic E-state index is 11.9. The van der Waals surface area contributed by atoms with Crippen LogP contribution in [0.15, 0.2) is 0 Å². The Kier molecular flexibility index (Phi) is 6.26. The molecule has 6 heteroatoms. The Balaban J connectivity index is 2.50. The van der Waals surface area contributed by atoms with E-state index in [0.717, 1.165) is 31.9 Å². The van der Waals surface area contributed by atoms with Crippen molar-refractivity contribution in [1.82, 2.24) is 9.62 Å². The Labute approximate surface area is 116 Å². The van der Waals surface area contributed by atoms with Crippen molar-refractivity contribution < 1.29 is 13.2 Å². The molecule has 0 bridgehead atoms. The van der Waals surface area contributed by atoms with Gasteiger partial charge in [-0.15, -0.1) is 0 Å². The van der Waals surface area contributed by atoms with E-state index in [2.05, 4.69) is 5.32 Å². The van der Waals surface area contributed by atoms with Crippen molar-refractivity contribution in [3.8, 4) is 0 Å². The molecule has 0 aromatic heterocycles. The SMILES string of the molecule is CC(C)CN(CC(=O)NC1CCCCC1)S(C)(=O)=O. The highest BCUT2D eigenvalue weighted by Gasteiger charge is 2.23. The molecule has 0 atom stereocenters. The first kappa shape index (κ1) is 16.4. The average molecular weight is 290 g/mol. The van der Waals surface area contributed by atoms with Crippen molar-refractivity contribution in [1.29, 1.82) is 0 Å². The smallest absolute Gasteiger partial charge is 0.235 e. The number of nitrogens with zero attached hydrogens (tertiary/aromatic N) is 1. The Morgan fingerprint density at radius 1 is 1.26 bits per heavy atom. The summed E-state index contributed by atoms with van der Waals surface area (Å²) in [6.45, 7) is 4.21. The summed E-state index contributed by atoms with van der Waals surface area (Å²) in [6.07, 6.45) is 6.70. The van der Waals surface area contributed by atoms with Crippen molar-refractivity contribution in [2.24, 2.45) is 5.92 Å². The van der Waals surface area contributed by atoms with Crippen LogP contribution in [0.2, 0.25) is 0 Å². The summed E-state index contributed by atoms with van der Waals surface area (Å²) in [7, 11) is -3.32. The minimum atomic E-state index is -3.32. The molecule has 1 amide bonds. The first-order valence-electron chi connectivity index (χ1n) is 7.03. The standard InChI is InChI=1S/C13H26N2O3S/c1-11(2)9-15(19(3,17)18)10-13(16)14-12-7-5-4-6-8-12/h11-12H,4-10H2,1-3H3,(H,14,16). The monoisotopic (exact) mass is 290 g/mol. The average Bonchev–Trinajstić information content (AvgIpc) is 2.27. The molecular weight excluding hydrogens is 264 g/mol. The normalized spacial score (nSPS) is 17.9. The number of rotatable bonds is 6. The van der Waals surface area contributed by atoms with Crippen LogP contribution in [0, 0.1) is 5.92 Å². The molecule has 112 valence electrons. The molecule has 1 aliphatic rings. The van der Waals surface area contributed by atoms with Gasteiger partial charge in [0.2, 0.25) is 15.9 Å². The second kappa shape index (κ2) is 7.24. The molecule has 0 radical (unpaired) electrons. The van der Waals surface area contributed by atoms with E-state index in [0.29, 0.717) is 6.54 Å². The van der Waals surface area contributed by atoms with Gasteiger partial charge in [-0.3, -0.25) is 4.79 Å². The second-order valence-electron chi connectivity index (χ2n) is 5.85. The zero-order chi connectivity index (χ0) is 14.5. The lowest BCUT2D eigenvalue weighted by Gasteiger charge is -2.25. The predicted octanol–water partition coefficient (Wildman–Crippen LogP) is 1.35. The molecular formula is C13H26N2O3S. The van der Waals surface area contributed by atoms with Gasteiger partial charge in [0.25, 0.3) is 0 Å². The summed E-state index contributed by atoms with van der Waals surface area (Å²) >= 11 is 0. The summed E-state index contributed by atoms with van der Waals surface area (Å²) < 4.78 is 24.5. The highest BCUT2D eigenvalue weighted by molar-refractivity contribution is 7.88. The number of sulfonamides is 1. The van der Waals surface area contributed by atoms with Gasteiger partial charge in [-0.25, -0.2) is 8.42 Å². The van der Waals surface area contributed by atoms with Gasteiger partial charge in [0.1, 0.15) is 0 Å². The van der Waals surface area contributed by atoms with E-state index in [1.165, 1.54) is 10.7 Å². The summed E-state index contributed by atoms with van der Waals surface area (Å²) in [4.78, 5) is 11.9. The molecule has 1 rings (SSSR count). The molecule has 0 unspecified atom stereocenters. The molecule has 0 aliphatic heterocycles. The summed E-state index contributed by atoms with van der Waals surface area (Å²) in [5.74, 6) is 0.0233. The van der Waals surface area contributed by atoms with Crippen LogP contribution in [0.5, 0.6) is 0 Å². The maximum atomic E-state index is 11.9. The topological polar surface area (TPSA) is 66.5 Å². The third-order valence-electron chi connectivity index (χ3n) is 3.33. The van der Waals surface area contributed by atoms with E-state index in [9.17, 15) is 13.2 Å². The molecule has 0 heterocycles. The van der Waals surface area contributed by atoms with Gasteiger partial charge < -0.3 is 5.32 Å². The fourth-order valence-corrected chi connectivity index (χ4v) is 3.33. The van der Waals surface area contributed by atoms with Crippen LogP contribution in [0.4, 0.5) is 0 Å². The number of carbonyl (C=O) groups is 1. The molecule has 0 saturated heterocycles. The summed E-state index contributed by atoms with van der Waals surface area (Å²) in [5.41, 5.74) is 0. The molecule has 1 fully saturated rings. The van der Waals surface area contributed by atoms with E-state index >= 15 is 0 Å². The van der Waals surface area contributed by atoms with Crippen LogP contribution < -0.4 is 5.32 Å². The van der Waals surface area contributed by atoms with Gasteiger partial charge >= 0.3 is 0 Å². The zero-order valence-corrected chi connectivity index (χ0v) is 13.0.